The Labute approximate surface area is 124 Å². The zero-order valence-corrected chi connectivity index (χ0v) is 12.1. The van der Waals surface area contributed by atoms with E-state index in [9.17, 15) is 0 Å². The minimum absolute atomic E-state index is 0.769. The van der Waals surface area contributed by atoms with Gasteiger partial charge in [0.15, 0.2) is 0 Å². The first-order valence-corrected chi connectivity index (χ1v) is 7.24. The van der Waals surface area contributed by atoms with E-state index < -0.39 is 0 Å². The minimum Gasteiger partial charge on any atom is -0.308 e. The number of aromatic nitrogens is 1. The number of pyridine rings is 1. The summed E-state index contributed by atoms with van der Waals surface area (Å²) in [6.07, 6.45) is 1.78. The van der Waals surface area contributed by atoms with E-state index in [2.05, 4.69) is 60.9 Å². The number of hydrogen-bond donors (Lipinski definition) is 2. The van der Waals surface area contributed by atoms with Gasteiger partial charge in [-0.25, -0.2) is 10.8 Å². The second-order valence-electron chi connectivity index (χ2n) is 5.15. The van der Waals surface area contributed by atoms with Crippen LogP contribution in [0.15, 0.2) is 54.6 Å². The van der Waals surface area contributed by atoms with E-state index in [0.29, 0.717) is 0 Å². The normalized spacial score (nSPS) is 10.8. The minimum atomic E-state index is 0.769. The van der Waals surface area contributed by atoms with E-state index in [-0.39, 0.29) is 0 Å². The summed E-state index contributed by atoms with van der Waals surface area (Å²) < 4.78 is 0. The molecule has 0 bridgehead atoms. The van der Waals surface area contributed by atoms with Crippen LogP contribution in [0.2, 0.25) is 0 Å². The fourth-order valence-corrected chi connectivity index (χ4v) is 2.66. The Morgan fingerprint density at radius 1 is 1.00 bits per heavy atom. The maximum absolute atomic E-state index is 5.61. The third kappa shape index (κ3) is 2.73. The highest BCUT2D eigenvalue weighted by Crippen LogP contribution is 2.24. The van der Waals surface area contributed by atoms with Gasteiger partial charge in [0.25, 0.3) is 0 Å². The lowest BCUT2D eigenvalue weighted by Gasteiger charge is -2.11. The van der Waals surface area contributed by atoms with Crippen molar-refractivity contribution in [3.63, 3.8) is 0 Å². The first-order chi connectivity index (χ1) is 10.3. The molecule has 0 aliphatic heterocycles. The molecule has 21 heavy (non-hydrogen) atoms. The molecule has 0 amide bonds. The van der Waals surface area contributed by atoms with E-state index in [1.165, 1.54) is 16.5 Å². The van der Waals surface area contributed by atoms with Crippen molar-refractivity contribution in [2.75, 3.05) is 5.43 Å². The lowest BCUT2D eigenvalue weighted by Crippen LogP contribution is -2.11. The highest BCUT2D eigenvalue weighted by atomic mass is 15.2. The second-order valence-corrected chi connectivity index (χ2v) is 5.15. The molecular weight excluding hydrogens is 258 g/mol. The Hall–Kier alpha value is -2.39. The fraction of sp³-hybridized carbons (Fsp3) is 0.167. The number of nitrogens with zero attached hydrogens (tertiary/aromatic N) is 1. The van der Waals surface area contributed by atoms with E-state index in [0.717, 1.165) is 29.7 Å². The molecule has 3 N–H and O–H groups in total. The molecule has 2 aromatic carbocycles. The summed E-state index contributed by atoms with van der Waals surface area (Å²) in [5.74, 6) is 6.38. The number of hydrazine groups is 1. The van der Waals surface area contributed by atoms with Crippen molar-refractivity contribution in [2.45, 2.75) is 19.8 Å². The number of para-hydroxylation sites is 1. The van der Waals surface area contributed by atoms with Crippen molar-refractivity contribution in [3.05, 3.63) is 71.3 Å². The molecule has 0 atom stereocenters. The third-order valence-electron chi connectivity index (χ3n) is 3.76. The average Bonchev–Trinajstić information content (AvgIpc) is 2.55. The molecule has 3 aromatic rings. The van der Waals surface area contributed by atoms with Crippen molar-refractivity contribution < 1.29 is 0 Å². The second kappa shape index (κ2) is 5.94. The van der Waals surface area contributed by atoms with Crippen LogP contribution in [0.4, 0.5) is 5.82 Å². The van der Waals surface area contributed by atoms with Gasteiger partial charge in [-0.05, 0) is 35.6 Å². The van der Waals surface area contributed by atoms with Gasteiger partial charge in [-0.1, -0.05) is 55.5 Å². The van der Waals surface area contributed by atoms with Gasteiger partial charge in [0, 0.05) is 5.39 Å². The Bertz CT molecular complexity index is 751. The van der Waals surface area contributed by atoms with Crippen molar-refractivity contribution in [1.82, 2.24) is 4.98 Å². The summed E-state index contributed by atoms with van der Waals surface area (Å²) in [4.78, 5) is 4.72. The van der Waals surface area contributed by atoms with Crippen LogP contribution in [0, 0.1) is 0 Å². The zero-order chi connectivity index (χ0) is 14.7. The topological polar surface area (TPSA) is 50.9 Å². The molecular formula is C18H19N3. The van der Waals surface area contributed by atoms with Crippen LogP contribution in [0.25, 0.3) is 10.9 Å². The number of nitrogens with two attached hydrogens (primary N) is 1. The number of rotatable bonds is 4. The monoisotopic (exact) mass is 277 g/mol. The molecule has 3 heteroatoms. The molecule has 106 valence electrons. The third-order valence-corrected chi connectivity index (χ3v) is 3.76. The molecule has 0 aliphatic rings. The molecule has 0 fully saturated rings. The number of hydrogen-bond acceptors (Lipinski definition) is 3. The molecule has 3 rings (SSSR count). The predicted octanol–water partition coefficient (Wildman–Crippen LogP) is 3.67. The van der Waals surface area contributed by atoms with Crippen LogP contribution < -0.4 is 11.3 Å². The number of fused-ring (bicyclic) bond motifs is 1. The zero-order valence-electron chi connectivity index (χ0n) is 12.1. The Morgan fingerprint density at radius 3 is 2.52 bits per heavy atom. The van der Waals surface area contributed by atoms with Crippen LogP contribution in [0.5, 0.6) is 0 Å². The standard InChI is InChI=1S/C18H19N3/c1-2-14-12-16-10-6-9-15(17(16)20-18(14)21-19)11-13-7-4-3-5-8-13/h3-10,12H,2,11,19H2,1H3,(H,20,21). The van der Waals surface area contributed by atoms with Gasteiger partial charge in [0.1, 0.15) is 5.82 Å². The molecule has 3 nitrogen and oxygen atoms in total. The average molecular weight is 277 g/mol. The largest absolute Gasteiger partial charge is 0.308 e. The smallest absolute Gasteiger partial charge is 0.143 e. The van der Waals surface area contributed by atoms with Gasteiger partial charge in [-0.15, -0.1) is 0 Å². The van der Waals surface area contributed by atoms with Gasteiger partial charge < -0.3 is 5.43 Å². The van der Waals surface area contributed by atoms with Crippen molar-refractivity contribution in [2.24, 2.45) is 5.84 Å². The van der Waals surface area contributed by atoms with E-state index >= 15 is 0 Å². The summed E-state index contributed by atoms with van der Waals surface area (Å²) >= 11 is 0. The lowest BCUT2D eigenvalue weighted by atomic mass is 10.0. The highest BCUT2D eigenvalue weighted by molar-refractivity contribution is 5.85. The molecule has 0 saturated heterocycles. The summed E-state index contributed by atoms with van der Waals surface area (Å²) in [6.45, 7) is 2.11. The molecule has 0 spiro atoms. The quantitative estimate of drug-likeness (QED) is 0.565. The van der Waals surface area contributed by atoms with Crippen molar-refractivity contribution in [3.8, 4) is 0 Å². The number of benzene rings is 2. The molecule has 1 heterocycles. The van der Waals surface area contributed by atoms with E-state index in [4.69, 9.17) is 10.8 Å². The lowest BCUT2D eigenvalue weighted by molar-refractivity contribution is 1.10. The number of aryl methyl sites for hydroxylation is 1. The van der Waals surface area contributed by atoms with Crippen molar-refractivity contribution in [1.29, 1.82) is 0 Å². The molecule has 0 saturated carbocycles. The molecule has 0 radical (unpaired) electrons. The predicted molar refractivity (Wildman–Crippen MR) is 88.2 cm³/mol. The SMILES string of the molecule is CCc1cc2cccc(Cc3ccccc3)c2nc1NN. The van der Waals surface area contributed by atoms with E-state index in [1.807, 2.05) is 6.07 Å². The van der Waals surface area contributed by atoms with Crippen LogP contribution in [0.3, 0.4) is 0 Å². The van der Waals surface area contributed by atoms with Crippen LogP contribution in [-0.2, 0) is 12.8 Å². The number of anilines is 1. The maximum Gasteiger partial charge on any atom is 0.143 e. The summed E-state index contributed by atoms with van der Waals surface area (Å²) in [5.41, 5.74) is 7.39. The van der Waals surface area contributed by atoms with E-state index in [1.54, 1.807) is 0 Å². The number of nitrogens with one attached hydrogen (secondary N) is 1. The maximum atomic E-state index is 5.61. The van der Waals surface area contributed by atoms with Crippen molar-refractivity contribution >= 4 is 16.7 Å². The van der Waals surface area contributed by atoms with Crippen LogP contribution >= 0.6 is 0 Å². The van der Waals surface area contributed by atoms with Gasteiger partial charge in [0.05, 0.1) is 5.52 Å². The Kier molecular flexibility index (Phi) is 3.84. The molecule has 0 unspecified atom stereocenters. The van der Waals surface area contributed by atoms with Crippen LogP contribution in [-0.4, -0.2) is 4.98 Å². The first-order valence-electron chi connectivity index (χ1n) is 7.24. The van der Waals surface area contributed by atoms with Gasteiger partial charge in [-0.3, -0.25) is 0 Å². The van der Waals surface area contributed by atoms with Crippen LogP contribution in [0.1, 0.15) is 23.6 Å². The molecule has 0 aliphatic carbocycles. The van der Waals surface area contributed by atoms with Gasteiger partial charge in [-0.2, -0.15) is 0 Å². The van der Waals surface area contributed by atoms with Gasteiger partial charge in [0.2, 0.25) is 0 Å². The highest BCUT2D eigenvalue weighted by Gasteiger charge is 2.08. The number of nitrogen functional groups attached to an aromatic ring is 1. The Balaban J connectivity index is 2.10. The Morgan fingerprint density at radius 2 is 1.81 bits per heavy atom. The summed E-state index contributed by atoms with van der Waals surface area (Å²) in [6, 6.07) is 19.0. The fourth-order valence-electron chi connectivity index (χ4n) is 2.66. The summed E-state index contributed by atoms with van der Waals surface area (Å²) in [7, 11) is 0. The first kappa shape index (κ1) is 13.6. The van der Waals surface area contributed by atoms with Gasteiger partial charge >= 0.3 is 0 Å². The summed E-state index contributed by atoms with van der Waals surface area (Å²) in [5, 5.41) is 1.17. The molecule has 1 aromatic heterocycles.